The second-order valence-electron chi connectivity index (χ2n) is 5.22. The molecule has 0 radical (unpaired) electrons. The Morgan fingerprint density at radius 3 is 2.11 bits per heavy atom. The zero-order valence-electron chi connectivity index (χ0n) is 12.2. The van der Waals surface area contributed by atoms with Crippen LogP contribution in [0.1, 0.15) is 45.3 Å². The maximum atomic E-state index is 10.6. The van der Waals surface area contributed by atoms with Crippen molar-refractivity contribution in [2.75, 3.05) is 0 Å². The summed E-state index contributed by atoms with van der Waals surface area (Å²) in [5.74, 6) is 0. The van der Waals surface area contributed by atoms with Gasteiger partial charge in [-0.25, -0.2) is 0 Å². The Labute approximate surface area is 114 Å². The monoisotopic (exact) mass is 256 g/mol. The molecule has 0 saturated heterocycles. The highest BCUT2D eigenvalue weighted by Gasteiger charge is 2.17. The minimum Gasteiger partial charge on any atom is -0.384 e. The van der Waals surface area contributed by atoms with Crippen LogP contribution in [0.2, 0.25) is 0 Å². The topological polar surface area (TPSA) is 46.0 Å². The lowest BCUT2D eigenvalue weighted by atomic mass is 9.93. The van der Waals surface area contributed by atoms with Crippen LogP contribution in [0.25, 0.3) is 0 Å². The summed E-state index contributed by atoms with van der Waals surface area (Å²) in [6.07, 6.45) is -0.645. The quantitative estimate of drug-likeness (QED) is 0.898. The Kier molecular flexibility index (Phi) is 3.67. The van der Waals surface area contributed by atoms with Gasteiger partial charge < -0.3 is 5.11 Å². The van der Waals surface area contributed by atoms with Crippen LogP contribution in [-0.2, 0) is 0 Å². The summed E-state index contributed by atoms with van der Waals surface area (Å²) < 4.78 is 0. The van der Waals surface area contributed by atoms with Gasteiger partial charge in [0.15, 0.2) is 0 Å². The number of rotatable bonds is 2. The number of aromatic nitrogens is 2. The van der Waals surface area contributed by atoms with Crippen molar-refractivity contribution in [3.05, 3.63) is 57.4 Å². The maximum Gasteiger partial charge on any atom is 0.106 e. The summed E-state index contributed by atoms with van der Waals surface area (Å²) in [5, 5.41) is 18.7. The van der Waals surface area contributed by atoms with Crippen LogP contribution in [0, 0.1) is 34.6 Å². The lowest BCUT2D eigenvalue weighted by Gasteiger charge is -2.17. The fraction of sp³-hybridized carbons (Fsp3) is 0.375. The third-order valence-corrected chi connectivity index (χ3v) is 3.61. The van der Waals surface area contributed by atoms with E-state index in [4.69, 9.17) is 0 Å². The molecule has 0 amide bonds. The van der Waals surface area contributed by atoms with Gasteiger partial charge in [0, 0.05) is 5.56 Å². The van der Waals surface area contributed by atoms with E-state index in [1.807, 2.05) is 26.8 Å². The van der Waals surface area contributed by atoms with Crippen LogP contribution in [0.4, 0.5) is 0 Å². The summed E-state index contributed by atoms with van der Waals surface area (Å²) in [4.78, 5) is 0. The first-order valence-corrected chi connectivity index (χ1v) is 6.46. The highest BCUT2D eigenvalue weighted by molar-refractivity contribution is 5.42. The first kappa shape index (κ1) is 13.7. The van der Waals surface area contributed by atoms with E-state index in [0.29, 0.717) is 0 Å². The Morgan fingerprint density at radius 2 is 1.42 bits per heavy atom. The molecule has 100 valence electrons. The third-order valence-electron chi connectivity index (χ3n) is 3.61. The zero-order chi connectivity index (χ0) is 14.2. The molecule has 1 aromatic heterocycles. The lowest BCUT2D eigenvalue weighted by Crippen LogP contribution is -2.08. The zero-order valence-corrected chi connectivity index (χ0v) is 12.2. The minimum atomic E-state index is -0.645. The minimum absolute atomic E-state index is 0.645. The number of nitrogens with zero attached hydrogens (tertiary/aromatic N) is 2. The van der Waals surface area contributed by atoms with Gasteiger partial charge in [-0.15, -0.1) is 0 Å². The highest BCUT2D eigenvalue weighted by atomic mass is 16.3. The number of aliphatic hydroxyl groups is 1. The number of hydrogen-bond donors (Lipinski definition) is 1. The average molecular weight is 256 g/mol. The van der Waals surface area contributed by atoms with E-state index in [9.17, 15) is 5.11 Å². The van der Waals surface area contributed by atoms with E-state index in [1.165, 1.54) is 11.1 Å². The Balaban J connectivity index is 2.52. The SMILES string of the molecule is Cc1cc(C(O)c2cc(C)c(C)cc2C)c(C)nn1. The predicted molar refractivity (Wildman–Crippen MR) is 76.2 cm³/mol. The van der Waals surface area contributed by atoms with Crippen LogP contribution in [0.3, 0.4) is 0 Å². The largest absolute Gasteiger partial charge is 0.384 e. The van der Waals surface area contributed by atoms with Crippen molar-refractivity contribution >= 4 is 0 Å². The summed E-state index contributed by atoms with van der Waals surface area (Å²) >= 11 is 0. The Bertz CT molecular complexity index is 620. The molecule has 2 rings (SSSR count). The molecule has 0 saturated carbocycles. The molecule has 0 aliphatic rings. The number of aryl methyl sites for hydroxylation is 5. The molecular formula is C16H20N2O. The highest BCUT2D eigenvalue weighted by Crippen LogP contribution is 2.28. The summed E-state index contributed by atoms with van der Waals surface area (Å²) in [6, 6.07) is 6.08. The lowest BCUT2D eigenvalue weighted by molar-refractivity contribution is 0.217. The fourth-order valence-electron chi connectivity index (χ4n) is 2.29. The first-order valence-electron chi connectivity index (χ1n) is 6.46. The molecule has 0 aliphatic heterocycles. The normalized spacial score (nSPS) is 12.5. The van der Waals surface area contributed by atoms with Gasteiger partial charge in [0.1, 0.15) is 6.10 Å². The molecule has 0 fully saturated rings. The second-order valence-corrected chi connectivity index (χ2v) is 5.22. The Morgan fingerprint density at radius 1 is 0.789 bits per heavy atom. The molecule has 1 atom stereocenters. The molecule has 1 N–H and O–H groups in total. The maximum absolute atomic E-state index is 10.6. The average Bonchev–Trinajstić information content (AvgIpc) is 2.36. The molecule has 19 heavy (non-hydrogen) atoms. The molecule has 1 heterocycles. The van der Waals surface area contributed by atoms with Gasteiger partial charge in [0.05, 0.1) is 11.4 Å². The van der Waals surface area contributed by atoms with Crippen LogP contribution < -0.4 is 0 Å². The smallest absolute Gasteiger partial charge is 0.106 e. The summed E-state index contributed by atoms with van der Waals surface area (Å²) in [5.41, 5.74) is 6.91. The van der Waals surface area contributed by atoms with Crippen LogP contribution >= 0.6 is 0 Å². The first-order chi connectivity index (χ1) is 8.90. The summed E-state index contributed by atoms with van der Waals surface area (Å²) in [7, 11) is 0. The number of benzene rings is 1. The molecule has 0 bridgehead atoms. The standard InChI is InChI=1S/C16H20N2O/c1-9-6-11(3)14(7-10(9)2)16(19)15-8-12(4)17-18-13(15)5/h6-8,16,19H,1-5H3. The Hall–Kier alpha value is -1.74. The van der Waals surface area contributed by atoms with Gasteiger partial charge in [-0.2, -0.15) is 10.2 Å². The van der Waals surface area contributed by atoms with E-state index in [-0.39, 0.29) is 0 Å². The van der Waals surface area contributed by atoms with Gasteiger partial charge in [0.25, 0.3) is 0 Å². The van der Waals surface area contributed by atoms with Crippen molar-refractivity contribution in [2.45, 2.75) is 40.7 Å². The van der Waals surface area contributed by atoms with Gasteiger partial charge in [0.2, 0.25) is 0 Å². The number of aliphatic hydroxyl groups excluding tert-OH is 1. The molecule has 0 spiro atoms. The van der Waals surface area contributed by atoms with Crippen molar-refractivity contribution < 1.29 is 5.11 Å². The molecular weight excluding hydrogens is 236 g/mol. The molecule has 1 unspecified atom stereocenters. The van der Waals surface area contributed by atoms with E-state index < -0.39 is 6.10 Å². The third kappa shape index (κ3) is 2.66. The van der Waals surface area contributed by atoms with Crippen molar-refractivity contribution in [1.82, 2.24) is 10.2 Å². The van der Waals surface area contributed by atoms with E-state index >= 15 is 0 Å². The molecule has 1 aromatic carbocycles. The number of hydrogen-bond acceptors (Lipinski definition) is 3. The fourth-order valence-corrected chi connectivity index (χ4v) is 2.29. The van der Waals surface area contributed by atoms with E-state index in [0.717, 1.165) is 28.1 Å². The van der Waals surface area contributed by atoms with E-state index in [2.05, 4.69) is 36.2 Å². The van der Waals surface area contributed by atoms with Crippen LogP contribution in [-0.4, -0.2) is 15.3 Å². The van der Waals surface area contributed by atoms with Gasteiger partial charge in [-0.3, -0.25) is 0 Å². The van der Waals surface area contributed by atoms with Gasteiger partial charge in [-0.1, -0.05) is 12.1 Å². The van der Waals surface area contributed by atoms with Crippen molar-refractivity contribution in [1.29, 1.82) is 0 Å². The molecule has 3 nitrogen and oxygen atoms in total. The molecule has 3 heteroatoms. The van der Waals surface area contributed by atoms with Crippen molar-refractivity contribution in [3.8, 4) is 0 Å². The van der Waals surface area contributed by atoms with Crippen LogP contribution in [0.15, 0.2) is 18.2 Å². The molecule has 0 aliphatic carbocycles. The van der Waals surface area contributed by atoms with Gasteiger partial charge in [-0.05, 0) is 62.9 Å². The van der Waals surface area contributed by atoms with E-state index in [1.54, 1.807) is 0 Å². The second kappa shape index (κ2) is 5.10. The van der Waals surface area contributed by atoms with Crippen molar-refractivity contribution in [3.63, 3.8) is 0 Å². The summed E-state index contributed by atoms with van der Waals surface area (Å²) in [6.45, 7) is 9.94. The van der Waals surface area contributed by atoms with Gasteiger partial charge >= 0.3 is 0 Å². The van der Waals surface area contributed by atoms with Crippen LogP contribution in [0.5, 0.6) is 0 Å². The predicted octanol–water partition coefficient (Wildman–Crippen LogP) is 3.10. The van der Waals surface area contributed by atoms with Crippen molar-refractivity contribution in [2.24, 2.45) is 0 Å². The molecule has 2 aromatic rings.